The van der Waals surface area contributed by atoms with Gasteiger partial charge in [0.15, 0.2) is 0 Å². The highest BCUT2D eigenvalue weighted by Gasteiger charge is 2.21. The van der Waals surface area contributed by atoms with Crippen LogP contribution in [0.15, 0.2) is 36.4 Å². The number of hydrogen-bond donors (Lipinski definition) is 2. The normalized spacial score (nSPS) is 16.3. The van der Waals surface area contributed by atoms with Crippen molar-refractivity contribution in [2.75, 3.05) is 13.2 Å². The van der Waals surface area contributed by atoms with Crippen molar-refractivity contribution >= 4 is 22.4 Å². The van der Waals surface area contributed by atoms with Crippen molar-refractivity contribution in [3.63, 3.8) is 0 Å². The smallest absolute Gasteiger partial charge is 0.127 e. The number of nitrogens with one attached hydrogen (secondary N) is 1. The standard InChI is InChI=1S/C16H18ClNO2/c17-15-7-8-16(14-4-2-1-3-13(14)15)20-10-12(19)9-18-11-5-6-11/h1-4,7-8,11-12,18-19H,5-6,9-10H2. The quantitative estimate of drug-likeness (QED) is 0.860. The Labute approximate surface area is 123 Å². The highest BCUT2D eigenvalue weighted by molar-refractivity contribution is 6.35. The summed E-state index contributed by atoms with van der Waals surface area (Å²) in [5, 5.41) is 15.8. The summed E-state index contributed by atoms with van der Waals surface area (Å²) in [7, 11) is 0. The average Bonchev–Trinajstić information content (AvgIpc) is 3.29. The summed E-state index contributed by atoms with van der Waals surface area (Å²) >= 11 is 6.17. The Morgan fingerprint density at radius 1 is 1.20 bits per heavy atom. The molecule has 1 saturated carbocycles. The molecule has 0 bridgehead atoms. The fraction of sp³-hybridized carbons (Fsp3) is 0.375. The SMILES string of the molecule is OC(CNC1CC1)COc1ccc(Cl)c2ccccc12. The first-order chi connectivity index (χ1) is 9.74. The number of rotatable bonds is 6. The molecule has 3 rings (SSSR count). The number of aliphatic hydroxyl groups excluding tert-OH is 1. The van der Waals surface area contributed by atoms with Crippen molar-refractivity contribution in [1.29, 1.82) is 0 Å². The summed E-state index contributed by atoms with van der Waals surface area (Å²) < 4.78 is 5.74. The van der Waals surface area contributed by atoms with Crippen LogP contribution < -0.4 is 10.1 Å². The van der Waals surface area contributed by atoms with Gasteiger partial charge < -0.3 is 15.2 Å². The van der Waals surface area contributed by atoms with E-state index in [1.165, 1.54) is 12.8 Å². The van der Waals surface area contributed by atoms with Crippen LogP contribution in [-0.2, 0) is 0 Å². The monoisotopic (exact) mass is 291 g/mol. The van der Waals surface area contributed by atoms with Gasteiger partial charge in [0.05, 0.1) is 0 Å². The molecule has 0 aliphatic heterocycles. The summed E-state index contributed by atoms with van der Waals surface area (Å²) in [6.45, 7) is 0.863. The molecule has 4 heteroatoms. The first-order valence-corrected chi connectivity index (χ1v) is 7.33. The van der Waals surface area contributed by atoms with Gasteiger partial charge in [-0.1, -0.05) is 35.9 Å². The lowest BCUT2D eigenvalue weighted by atomic mass is 10.1. The van der Waals surface area contributed by atoms with Gasteiger partial charge in [0.2, 0.25) is 0 Å². The molecule has 0 amide bonds. The van der Waals surface area contributed by atoms with Gasteiger partial charge in [0, 0.05) is 28.4 Å². The third-order valence-corrected chi connectivity index (χ3v) is 3.81. The number of aliphatic hydroxyl groups is 1. The van der Waals surface area contributed by atoms with Gasteiger partial charge in [0.25, 0.3) is 0 Å². The molecule has 2 aromatic carbocycles. The third kappa shape index (κ3) is 3.23. The molecular weight excluding hydrogens is 274 g/mol. The first-order valence-electron chi connectivity index (χ1n) is 6.95. The van der Waals surface area contributed by atoms with Crippen molar-refractivity contribution in [1.82, 2.24) is 5.32 Å². The van der Waals surface area contributed by atoms with E-state index in [4.69, 9.17) is 16.3 Å². The summed E-state index contributed by atoms with van der Waals surface area (Å²) in [5.74, 6) is 0.760. The van der Waals surface area contributed by atoms with Crippen LogP contribution in [0.4, 0.5) is 0 Å². The maximum absolute atomic E-state index is 9.90. The summed E-state index contributed by atoms with van der Waals surface area (Å²) in [6, 6.07) is 12.1. The Bertz CT molecular complexity index is 598. The Morgan fingerprint density at radius 3 is 2.70 bits per heavy atom. The highest BCUT2D eigenvalue weighted by atomic mass is 35.5. The fourth-order valence-electron chi connectivity index (χ4n) is 2.20. The summed E-state index contributed by atoms with van der Waals surface area (Å²) in [5.41, 5.74) is 0. The fourth-order valence-corrected chi connectivity index (χ4v) is 2.42. The zero-order valence-electron chi connectivity index (χ0n) is 11.2. The molecule has 20 heavy (non-hydrogen) atoms. The maximum Gasteiger partial charge on any atom is 0.127 e. The van der Waals surface area contributed by atoms with Gasteiger partial charge in [-0.2, -0.15) is 0 Å². The number of hydrogen-bond acceptors (Lipinski definition) is 3. The van der Waals surface area contributed by atoms with Crippen LogP contribution in [0.2, 0.25) is 5.02 Å². The number of ether oxygens (including phenoxy) is 1. The molecule has 1 atom stereocenters. The van der Waals surface area contributed by atoms with E-state index < -0.39 is 6.10 Å². The van der Waals surface area contributed by atoms with Crippen molar-refractivity contribution in [3.8, 4) is 5.75 Å². The van der Waals surface area contributed by atoms with Gasteiger partial charge in [-0.3, -0.25) is 0 Å². The Hall–Kier alpha value is -1.29. The lowest BCUT2D eigenvalue weighted by molar-refractivity contribution is 0.107. The lowest BCUT2D eigenvalue weighted by Crippen LogP contribution is -2.32. The van der Waals surface area contributed by atoms with E-state index in [0.717, 1.165) is 16.5 Å². The number of halogens is 1. The van der Waals surface area contributed by atoms with Crippen molar-refractivity contribution in [2.45, 2.75) is 25.0 Å². The molecule has 0 radical (unpaired) electrons. The Morgan fingerprint density at radius 2 is 1.95 bits per heavy atom. The largest absolute Gasteiger partial charge is 0.490 e. The van der Waals surface area contributed by atoms with Gasteiger partial charge >= 0.3 is 0 Å². The Kier molecular flexibility index (Phi) is 4.10. The van der Waals surface area contributed by atoms with Crippen molar-refractivity contribution in [3.05, 3.63) is 41.4 Å². The molecule has 0 aromatic heterocycles. The van der Waals surface area contributed by atoms with Crippen LogP contribution in [0, 0.1) is 0 Å². The second-order valence-electron chi connectivity index (χ2n) is 5.24. The molecule has 0 saturated heterocycles. The maximum atomic E-state index is 9.90. The average molecular weight is 292 g/mol. The van der Waals surface area contributed by atoms with E-state index in [-0.39, 0.29) is 6.61 Å². The van der Waals surface area contributed by atoms with Crippen LogP contribution in [0.5, 0.6) is 5.75 Å². The molecule has 0 heterocycles. The zero-order valence-corrected chi connectivity index (χ0v) is 11.9. The minimum atomic E-state index is -0.495. The highest BCUT2D eigenvalue weighted by Crippen LogP contribution is 2.31. The van der Waals surface area contributed by atoms with Gasteiger partial charge in [0.1, 0.15) is 18.5 Å². The second kappa shape index (κ2) is 6.00. The molecular formula is C16H18ClNO2. The minimum Gasteiger partial charge on any atom is -0.490 e. The van der Waals surface area contributed by atoms with Crippen LogP contribution in [0.1, 0.15) is 12.8 Å². The molecule has 0 spiro atoms. The predicted octanol–water partition coefficient (Wildman–Crippen LogP) is 2.98. The van der Waals surface area contributed by atoms with Gasteiger partial charge in [-0.25, -0.2) is 0 Å². The molecule has 1 aliphatic rings. The van der Waals surface area contributed by atoms with Crippen LogP contribution in [0.3, 0.4) is 0 Å². The Balaban J connectivity index is 1.66. The topological polar surface area (TPSA) is 41.5 Å². The first kappa shape index (κ1) is 13.7. The molecule has 2 aromatic rings. The van der Waals surface area contributed by atoms with Crippen molar-refractivity contribution < 1.29 is 9.84 Å². The van der Waals surface area contributed by atoms with E-state index >= 15 is 0 Å². The summed E-state index contributed by atoms with van der Waals surface area (Å²) in [4.78, 5) is 0. The van der Waals surface area contributed by atoms with Crippen LogP contribution in [-0.4, -0.2) is 30.4 Å². The number of fused-ring (bicyclic) bond motifs is 1. The van der Waals surface area contributed by atoms with Crippen LogP contribution in [0.25, 0.3) is 10.8 Å². The van der Waals surface area contributed by atoms with Gasteiger partial charge in [-0.05, 0) is 25.0 Å². The molecule has 1 aliphatic carbocycles. The minimum absolute atomic E-state index is 0.283. The number of benzene rings is 2. The molecule has 1 fully saturated rings. The molecule has 2 N–H and O–H groups in total. The van der Waals surface area contributed by atoms with Gasteiger partial charge in [-0.15, -0.1) is 0 Å². The van der Waals surface area contributed by atoms with E-state index in [2.05, 4.69) is 5.32 Å². The zero-order chi connectivity index (χ0) is 13.9. The van der Waals surface area contributed by atoms with E-state index in [0.29, 0.717) is 17.6 Å². The summed E-state index contributed by atoms with van der Waals surface area (Å²) in [6.07, 6.45) is 1.94. The second-order valence-corrected chi connectivity index (χ2v) is 5.65. The molecule has 106 valence electrons. The van der Waals surface area contributed by atoms with E-state index in [1.54, 1.807) is 0 Å². The predicted molar refractivity (Wildman–Crippen MR) is 81.5 cm³/mol. The molecule has 1 unspecified atom stereocenters. The van der Waals surface area contributed by atoms with Crippen molar-refractivity contribution in [2.24, 2.45) is 0 Å². The lowest BCUT2D eigenvalue weighted by Gasteiger charge is -2.14. The third-order valence-electron chi connectivity index (χ3n) is 3.48. The molecule has 3 nitrogen and oxygen atoms in total. The van der Waals surface area contributed by atoms with Crippen LogP contribution >= 0.6 is 11.6 Å². The van der Waals surface area contributed by atoms with E-state index in [1.807, 2.05) is 36.4 Å². The van der Waals surface area contributed by atoms with E-state index in [9.17, 15) is 5.11 Å².